The van der Waals surface area contributed by atoms with Crippen LogP contribution in [0.3, 0.4) is 0 Å². The van der Waals surface area contributed by atoms with Gasteiger partial charge in [0.25, 0.3) is 5.91 Å². The molecule has 3 heterocycles. The van der Waals surface area contributed by atoms with E-state index >= 15 is 0 Å². The van der Waals surface area contributed by atoms with Crippen LogP contribution in [0.2, 0.25) is 0 Å². The van der Waals surface area contributed by atoms with Gasteiger partial charge in [-0.2, -0.15) is 0 Å². The Morgan fingerprint density at radius 3 is 2.97 bits per heavy atom. The Bertz CT molecular complexity index is 1010. The molecule has 0 bridgehead atoms. The predicted octanol–water partition coefficient (Wildman–Crippen LogP) is 3.64. The number of nitrogens with one attached hydrogen (secondary N) is 1. The van der Waals surface area contributed by atoms with Gasteiger partial charge in [-0.3, -0.25) is 9.78 Å². The van der Waals surface area contributed by atoms with Crippen molar-refractivity contribution in [3.63, 3.8) is 0 Å². The molecule has 2 aliphatic rings. The normalized spacial score (nSPS) is 24.3. The van der Waals surface area contributed by atoms with Gasteiger partial charge in [-0.1, -0.05) is 6.08 Å². The van der Waals surface area contributed by atoms with Crippen LogP contribution in [0.1, 0.15) is 28.3 Å². The molecule has 0 radical (unpaired) electrons. The van der Waals surface area contributed by atoms with Crippen LogP contribution >= 0.6 is 11.3 Å². The number of carbonyl (C=O) groups excluding carboxylic acids is 1. The number of piperidine rings is 1. The Labute approximate surface area is 175 Å². The number of halogens is 3. The molecule has 2 aromatic rings. The maximum Gasteiger partial charge on any atom is 0.275 e. The number of alkyl halides is 2. The second-order valence-corrected chi connectivity index (χ2v) is 8.02. The number of aromatic nitrogens is 2. The number of nitrogens with zero attached hydrogens (tertiary/aromatic N) is 3. The third-order valence-electron chi connectivity index (χ3n) is 5.10. The average Bonchev–Trinajstić information content (AvgIpc) is 3.20. The van der Waals surface area contributed by atoms with Crippen molar-refractivity contribution in [2.45, 2.75) is 31.2 Å². The second kappa shape index (κ2) is 8.57. The van der Waals surface area contributed by atoms with Crippen molar-refractivity contribution in [2.75, 3.05) is 23.3 Å². The second-order valence-electron chi connectivity index (χ2n) is 7.17. The van der Waals surface area contributed by atoms with Crippen LogP contribution in [0.4, 0.5) is 24.5 Å². The monoisotopic (exact) mass is 435 g/mol. The zero-order valence-corrected chi connectivity index (χ0v) is 16.7. The molecule has 3 N–H and O–H groups in total. The molecule has 1 aliphatic heterocycles. The van der Waals surface area contributed by atoms with Gasteiger partial charge in [0.15, 0.2) is 0 Å². The minimum absolute atomic E-state index is 0.0472. The van der Waals surface area contributed by atoms with E-state index in [1.54, 1.807) is 12.3 Å². The van der Waals surface area contributed by atoms with Crippen molar-refractivity contribution in [1.29, 1.82) is 0 Å². The first-order chi connectivity index (χ1) is 14.4. The summed E-state index contributed by atoms with van der Waals surface area (Å²) in [6.45, 7) is 0.773. The van der Waals surface area contributed by atoms with Crippen LogP contribution in [0.15, 0.2) is 41.8 Å². The van der Waals surface area contributed by atoms with Gasteiger partial charge in [0, 0.05) is 31.1 Å². The van der Waals surface area contributed by atoms with E-state index in [2.05, 4.69) is 15.3 Å². The lowest BCUT2D eigenvalue weighted by atomic mass is 10.0. The number of allylic oxidation sites excluding steroid dienone is 4. The summed E-state index contributed by atoms with van der Waals surface area (Å²) in [5.74, 6) is -1.21. The maximum absolute atomic E-state index is 14.1. The summed E-state index contributed by atoms with van der Waals surface area (Å²) in [5.41, 5.74) is 6.86. The van der Waals surface area contributed by atoms with E-state index in [4.69, 9.17) is 5.73 Å². The number of anilines is 2. The summed E-state index contributed by atoms with van der Waals surface area (Å²) >= 11 is 1.01. The fourth-order valence-corrected chi connectivity index (χ4v) is 4.39. The number of rotatable bonds is 4. The summed E-state index contributed by atoms with van der Waals surface area (Å²) in [6, 6.07) is 1.10. The lowest BCUT2D eigenvalue weighted by molar-refractivity contribution is 0.102. The van der Waals surface area contributed by atoms with Gasteiger partial charge in [0.2, 0.25) is 0 Å². The van der Waals surface area contributed by atoms with E-state index in [9.17, 15) is 18.0 Å². The van der Waals surface area contributed by atoms with E-state index in [0.717, 1.165) is 11.3 Å². The molecular weight excluding hydrogens is 415 g/mol. The summed E-state index contributed by atoms with van der Waals surface area (Å²) < 4.78 is 41.9. The van der Waals surface area contributed by atoms with Crippen LogP contribution in [0.5, 0.6) is 0 Å². The fourth-order valence-electron chi connectivity index (χ4n) is 3.50. The van der Waals surface area contributed by atoms with Crippen LogP contribution < -0.4 is 16.0 Å². The van der Waals surface area contributed by atoms with Crippen LogP contribution in [-0.4, -0.2) is 47.3 Å². The molecule has 10 heteroatoms. The summed E-state index contributed by atoms with van der Waals surface area (Å²) in [6.07, 6.45) is 3.51. The predicted molar refractivity (Wildman–Crippen MR) is 111 cm³/mol. The van der Waals surface area contributed by atoms with Crippen molar-refractivity contribution in [1.82, 2.24) is 9.97 Å². The Morgan fingerprint density at radius 2 is 2.20 bits per heavy atom. The lowest BCUT2D eigenvalue weighted by Crippen LogP contribution is -2.50. The Balaban J connectivity index is 1.53. The van der Waals surface area contributed by atoms with Crippen molar-refractivity contribution >= 4 is 34.2 Å². The van der Waals surface area contributed by atoms with Gasteiger partial charge in [-0.05, 0) is 18.6 Å². The standard InChI is InChI=1S/C20H20F3N5OS/c21-11-5-7-28(9-14(11)24)17-4-6-25-8-15(17)26-19(29)16-10-30-20(27-16)18-12(22)2-1-3-13(18)23/h1-2,4,6,8,10-11,13-14H,3,5,7,9,24H2,(H,26,29)/t11-,13?,14-/m1/s1. The molecule has 1 aliphatic carbocycles. The van der Waals surface area contributed by atoms with Gasteiger partial charge < -0.3 is 16.0 Å². The van der Waals surface area contributed by atoms with Gasteiger partial charge in [-0.15, -0.1) is 11.3 Å². The molecule has 0 saturated carbocycles. The molecular formula is C20H20F3N5OS. The van der Waals surface area contributed by atoms with Crippen LogP contribution in [0.25, 0.3) is 5.57 Å². The maximum atomic E-state index is 14.1. The number of carbonyl (C=O) groups is 1. The van der Waals surface area contributed by atoms with Crippen LogP contribution in [-0.2, 0) is 0 Å². The average molecular weight is 435 g/mol. The van der Waals surface area contributed by atoms with Crippen LogP contribution in [0, 0.1) is 0 Å². The summed E-state index contributed by atoms with van der Waals surface area (Å²) in [7, 11) is 0. The zero-order valence-electron chi connectivity index (χ0n) is 15.9. The van der Waals surface area contributed by atoms with Gasteiger partial charge in [0.05, 0.1) is 29.2 Å². The van der Waals surface area contributed by atoms with E-state index in [1.807, 2.05) is 4.90 Å². The Hall–Kier alpha value is -2.72. The SMILES string of the molecule is N[C@@H]1CN(c2ccncc2NC(=O)c2csc(C3=C(F)C=CCC3F)n2)CC[C@H]1F. The van der Waals surface area contributed by atoms with E-state index < -0.39 is 30.1 Å². The minimum atomic E-state index is -1.50. The van der Waals surface area contributed by atoms with E-state index in [1.165, 1.54) is 23.7 Å². The Morgan fingerprint density at radius 1 is 1.37 bits per heavy atom. The highest BCUT2D eigenvalue weighted by Gasteiger charge is 2.28. The largest absolute Gasteiger partial charge is 0.368 e. The highest BCUT2D eigenvalue weighted by Crippen LogP contribution is 2.34. The number of nitrogens with two attached hydrogens (primary N) is 1. The third-order valence-corrected chi connectivity index (χ3v) is 5.98. The van der Waals surface area contributed by atoms with Crippen molar-refractivity contribution < 1.29 is 18.0 Å². The molecule has 1 unspecified atom stereocenters. The van der Waals surface area contributed by atoms with Gasteiger partial charge in [-0.25, -0.2) is 18.2 Å². The van der Waals surface area contributed by atoms with Crippen molar-refractivity contribution in [3.05, 3.63) is 52.5 Å². The first-order valence-corrected chi connectivity index (χ1v) is 10.4. The number of thiazole rings is 1. The number of hydrogen-bond acceptors (Lipinski definition) is 6. The molecule has 2 aromatic heterocycles. The van der Waals surface area contributed by atoms with E-state index in [-0.39, 0.29) is 22.7 Å². The molecule has 1 saturated heterocycles. The molecule has 1 fully saturated rings. The molecule has 3 atom stereocenters. The molecule has 30 heavy (non-hydrogen) atoms. The topological polar surface area (TPSA) is 84.1 Å². The van der Waals surface area contributed by atoms with Gasteiger partial charge in [0.1, 0.15) is 28.9 Å². The number of pyridine rings is 1. The summed E-state index contributed by atoms with van der Waals surface area (Å²) in [4.78, 5) is 22.8. The zero-order chi connectivity index (χ0) is 21.3. The van der Waals surface area contributed by atoms with Crippen molar-refractivity contribution in [3.8, 4) is 0 Å². The number of hydrogen-bond donors (Lipinski definition) is 2. The fraction of sp³-hybridized carbons (Fsp3) is 0.350. The first kappa shape index (κ1) is 20.5. The molecule has 0 spiro atoms. The quantitative estimate of drug-likeness (QED) is 0.766. The molecule has 1 amide bonds. The Kier molecular flexibility index (Phi) is 5.87. The third kappa shape index (κ3) is 4.10. The van der Waals surface area contributed by atoms with E-state index in [0.29, 0.717) is 30.9 Å². The first-order valence-electron chi connectivity index (χ1n) is 9.50. The lowest BCUT2D eigenvalue weighted by Gasteiger charge is -2.35. The molecule has 6 nitrogen and oxygen atoms in total. The minimum Gasteiger partial charge on any atom is -0.368 e. The molecule has 0 aromatic carbocycles. The molecule has 4 rings (SSSR count). The highest BCUT2D eigenvalue weighted by molar-refractivity contribution is 7.11. The highest BCUT2D eigenvalue weighted by atomic mass is 32.1. The van der Waals surface area contributed by atoms with Gasteiger partial charge >= 0.3 is 0 Å². The smallest absolute Gasteiger partial charge is 0.275 e. The summed E-state index contributed by atoms with van der Waals surface area (Å²) in [5, 5.41) is 4.33. The van der Waals surface area contributed by atoms with Crippen molar-refractivity contribution in [2.24, 2.45) is 5.73 Å². The number of amides is 1. The molecule has 158 valence electrons.